The smallest absolute Gasteiger partial charge is 0.263 e. The predicted octanol–water partition coefficient (Wildman–Crippen LogP) is 1.58. The van der Waals surface area contributed by atoms with Gasteiger partial charge >= 0.3 is 0 Å². The molecule has 0 spiro atoms. The van der Waals surface area contributed by atoms with E-state index in [0.29, 0.717) is 0 Å². The number of nitrogens with one attached hydrogen (secondary N) is 1. The Labute approximate surface area is 113 Å². The molecule has 19 heavy (non-hydrogen) atoms. The van der Waals surface area contributed by atoms with E-state index in [-0.39, 0.29) is 28.9 Å². The van der Waals surface area contributed by atoms with Crippen molar-refractivity contribution in [3.63, 3.8) is 0 Å². The Morgan fingerprint density at radius 3 is 2.63 bits per heavy atom. The van der Waals surface area contributed by atoms with E-state index in [9.17, 15) is 8.42 Å². The first-order chi connectivity index (χ1) is 8.92. The molecule has 0 atom stereocenters. The lowest BCUT2D eigenvalue weighted by Crippen LogP contribution is -2.25. The van der Waals surface area contributed by atoms with Crippen molar-refractivity contribution in [2.24, 2.45) is 0 Å². The fourth-order valence-electron chi connectivity index (χ4n) is 1.38. The molecule has 0 fully saturated rings. The Kier molecular flexibility index (Phi) is 5.30. The monoisotopic (exact) mass is 284 g/mol. The quantitative estimate of drug-likeness (QED) is 0.801. The second-order valence-corrected chi connectivity index (χ2v) is 5.54. The molecule has 0 bridgehead atoms. The number of sulfonamides is 1. The summed E-state index contributed by atoms with van der Waals surface area (Å²) >= 11 is 0. The molecule has 1 aromatic rings. The summed E-state index contributed by atoms with van der Waals surface area (Å²) < 4.78 is 29.4. The summed E-state index contributed by atoms with van der Waals surface area (Å²) in [5.41, 5.74) is -0.0385. The molecule has 0 aromatic heterocycles. The molecular formula is C12H16N2O4S. The van der Waals surface area contributed by atoms with Crippen LogP contribution < -0.4 is 9.62 Å². The SMILES string of the molecule is CCONS(=O)(=O)c1cccc(OC(C)C)c1C#N. The highest BCUT2D eigenvalue weighted by atomic mass is 32.2. The van der Waals surface area contributed by atoms with E-state index in [2.05, 4.69) is 4.84 Å². The Morgan fingerprint density at radius 2 is 2.11 bits per heavy atom. The van der Waals surface area contributed by atoms with Gasteiger partial charge in [-0.2, -0.15) is 5.26 Å². The first-order valence-corrected chi connectivity index (χ1v) is 7.24. The summed E-state index contributed by atoms with van der Waals surface area (Å²) in [4.78, 5) is 6.47. The molecule has 0 amide bonds. The topological polar surface area (TPSA) is 88.4 Å². The van der Waals surface area contributed by atoms with Crippen LogP contribution in [0.3, 0.4) is 0 Å². The summed E-state index contributed by atoms with van der Waals surface area (Å²) in [5, 5.41) is 9.14. The maximum absolute atomic E-state index is 12.0. The number of rotatable bonds is 6. The molecule has 104 valence electrons. The van der Waals surface area contributed by atoms with Crippen molar-refractivity contribution in [3.05, 3.63) is 23.8 Å². The fourth-order valence-corrected chi connectivity index (χ4v) is 2.41. The molecule has 1 rings (SSSR count). The third-order valence-electron chi connectivity index (χ3n) is 2.06. The molecule has 0 unspecified atom stereocenters. The summed E-state index contributed by atoms with van der Waals surface area (Å²) in [6.07, 6.45) is -0.162. The van der Waals surface area contributed by atoms with Gasteiger partial charge in [0.15, 0.2) is 0 Å². The van der Waals surface area contributed by atoms with Gasteiger partial charge < -0.3 is 4.74 Å². The van der Waals surface area contributed by atoms with Gasteiger partial charge in [0.2, 0.25) is 0 Å². The average Bonchev–Trinajstić information content (AvgIpc) is 2.35. The minimum atomic E-state index is -3.90. The number of nitrogens with zero attached hydrogens (tertiary/aromatic N) is 1. The van der Waals surface area contributed by atoms with Gasteiger partial charge in [0.05, 0.1) is 12.7 Å². The van der Waals surface area contributed by atoms with Gasteiger partial charge in [-0.05, 0) is 32.9 Å². The molecule has 1 aromatic carbocycles. The molecule has 0 radical (unpaired) electrons. The van der Waals surface area contributed by atoms with Crippen LogP contribution in [0.25, 0.3) is 0 Å². The van der Waals surface area contributed by atoms with Gasteiger partial charge in [0.1, 0.15) is 22.3 Å². The predicted molar refractivity (Wildman–Crippen MR) is 68.9 cm³/mol. The number of benzene rings is 1. The average molecular weight is 284 g/mol. The standard InChI is InChI=1S/C12H16N2O4S/c1-4-17-14-19(15,16)12-7-5-6-11(10(12)8-13)18-9(2)3/h5-7,9,14H,4H2,1-3H3. The van der Waals surface area contributed by atoms with Gasteiger partial charge in [-0.25, -0.2) is 8.42 Å². The molecule has 7 heteroatoms. The Morgan fingerprint density at radius 1 is 1.42 bits per heavy atom. The lowest BCUT2D eigenvalue weighted by Gasteiger charge is -2.13. The maximum atomic E-state index is 12.0. The summed E-state index contributed by atoms with van der Waals surface area (Å²) in [5.74, 6) is 0.233. The van der Waals surface area contributed by atoms with E-state index in [0.717, 1.165) is 0 Å². The number of nitriles is 1. The Hall–Kier alpha value is -1.62. The van der Waals surface area contributed by atoms with E-state index < -0.39 is 10.0 Å². The first kappa shape index (κ1) is 15.4. The van der Waals surface area contributed by atoms with Gasteiger partial charge in [-0.15, -0.1) is 0 Å². The van der Waals surface area contributed by atoms with Crippen LogP contribution in [-0.2, 0) is 14.9 Å². The minimum absolute atomic E-state index is 0.0385. The summed E-state index contributed by atoms with van der Waals surface area (Å²) in [6, 6.07) is 6.25. The van der Waals surface area contributed by atoms with Crippen LogP contribution >= 0.6 is 0 Å². The van der Waals surface area contributed by atoms with Gasteiger partial charge in [0, 0.05) is 0 Å². The second kappa shape index (κ2) is 6.52. The van der Waals surface area contributed by atoms with Crippen LogP contribution in [0.5, 0.6) is 5.75 Å². The molecule has 0 heterocycles. The number of ether oxygens (including phenoxy) is 1. The zero-order valence-corrected chi connectivity index (χ0v) is 11.8. The van der Waals surface area contributed by atoms with E-state index in [1.807, 2.05) is 11.0 Å². The summed E-state index contributed by atoms with van der Waals surface area (Å²) in [6.45, 7) is 5.41. The first-order valence-electron chi connectivity index (χ1n) is 5.75. The van der Waals surface area contributed by atoms with E-state index >= 15 is 0 Å². The Bertz CT molecular complexity index is 576. The molecule has 0 saturated carbocycles. The van der Waals surface area contributed by atoms with Gasteiger partial charge in [-0.3, -0.25) is 4.84 Å². The van der Waals surface area contributed by atoms with Crippen LogP contribution in [0.15, 0.2) is 23.1 Å². The lowest BCUT2D eigenvalue weighted by molar-refractivity contribution is 0.105. The van der Waals surface area contributed by atoms with Crippen LogP contribution in [0.4, 0.5) is 0 Å². The van der Waals surface area contributed by atoms with Crippen LogP contribution in [-0.4, -0.2) is 21.1 Å². The molecule has 0 aliphatic carbocycles. The molecule has 1 N–H and O–H groups in total. The van der Waals surface area contributed by atoms with E-state index in [1.165, 1.54) is 12.1 Å². The summed E-state index contributed by atoms with van der Waals surface area (Å²) in [7, 11) is -3.90. The third kappa shape index (κ3) is 3.92. The minimum Gasteiger partial charge on any atom is -0.490 e. The zero-order chi connectivity index (χ0) is 14.5. The van der Waals surface area contributed by atoms with Crippen molar-refractivity contribution in [1.29, 1.82) is 5.26 Å². The highest BCUT2D eigenvalue weighted by Crippen LogP contribution is 2.26. The van der Waals surface area contributed by atoms with Crippen molar-refractivity contribution < 1.29 is 18.0 Å². The van der Waals surface area contributed by atoms with Gasteiger partial charge in [-0.1, -0.05) is 11.0 Å². The highest BCUT2D eigenvalue weighted by molar-refractivity contribution is 7.89. The largest absolute Gasteiger partial charge is 0.490 e. The second-order valence-electron chi connectivity index (χ2n) is 3.93. The van der Waals surface area contributed by atoms with Crippen molar-refractivity contribution in [2.45, 2.75) is 31.8 Å². The molecule has 0 aliphatic heterocycles. The number of hydrogen-bond acceptors (Lipinski definition) is 5. The fraction of sp³-hybridized carbons (Fsp3) is 0.417. The lowest BCUT2D eigenvalue weighted by atomic mass is 10.2. The Balaban J connectivity index is 3.26. The van der Waals surface area contributed by atoms with Crippen molar-refractivity contribution in [1.82, 2.24) is 4.89 Å². The van der Waals surface area contributed by atoms with Crippen LogP contribution in [0.2, 0.25) is 0 Å². The van der Waals surface area contributed by atoms with Crippen molar-refractivity contribution in [3.8, 4) is 11.8 Å². The van der Waals surface area contributed by atoms with Crippen LogP contribution in [0, 0.1) is 11.3 Å². The van der Waals surface area contributed by atoms with Crippen LogP contribution in [0.1, 0.15) is 26.3 Å². The van der Waals surface area contributed by atoms with Crippen molar-refractivity contribution >= 4 is 10.0 Å². The molecule has 6 nitrogen and oxygen atoms in total. The molecular weight excluding hydrogens is 268 g/mol. The maximum Gasteiger partial charge on any atom is 0.263 e. The highest BCUT2D eigenvalue weighted by Gasteiger charge is 2.22. The molecule has 0 saturated heterocycles. The molecule has 0 aliphatic rings. The van der Waals surface area contributed by atoms with E-state index in [4.69, 9.17) is 10.00 Å². The van der Waals surface area contributed by atoms with E-state index in [1.54, 1.807) is 26.8 Å². The van der Waals surface area contributed by atoms with Gasteiger partial charge in [0.25, 0.3) is 10.0 Å². The zero-order valence-electron chi connectivity index (χ0n) is 11.0. The normalized spacial score (nSPS) is 11.3. The number of hydrogen-bond donors (Lipinski definition) is 1. The third-order valence-corrected chi connectivity index (χ3v) is 3.32. The van der Waals surface area contributed by atoms with Crippen molar-refractivity contribution in [2.75, 3.05) is 6.61 Å².